The van der Waals surface area contributed by atoms with Crippen molar-refractivity contribution in [3.8, 4) is 0 Å². The number of nitrogens with zero attached hydrogens (tertiary/aromatic N) is 3. The summed E-state index contributed by atoms with van der Waals surface area (Å²) in [5.74, 6) is 0.991. The lowest BCUT2D eigenvalue weighted by molar-refractivity contribution is 0.403. The van der Waals surface area contributed by atoms with Crippen molar-refractivity contribution in [3.63, 3.8) is 0 Å². The molecule has 1 aliphatic carbocycles. The molecule has 5 nitrogen and oxygen atoms in total. The van der Waals surface area contributed by atoms with Gasteiger partial charge in [-0.15, -0.1) is 0 Å². The van der Waals surface area contributed by atoms with Crippen LogP contribution in [-0.2, 0) is 0 Å². The van der Waals surface area contributed by atoms with Gasteiger partial charge in [-0.25, -0.2) is 4.98 Å². The minimum Gasteiger partial charge on any atom is -0.366 e. The maximum absolute atomic E-state index is 6.18. The molecule has 2 aromatic rings. The van der Waals surface area contributed by atoms with Gasteiger partial charge in [0.25, 0.3) is 0 Å². The smallest absolute Gasteiger partial charge is 0.157 e. The minimum atomic E-state index is 0.234. The third-order valence-electron chi connectivity index (χ3n) is 3.68. The molecule has 0 spiro atoms. The fourth-order valence-electron chi connectivity index (χ4n) is 2.69. The van der Waals surface area contributed by atoms with Gasteiger partial charge in [-0.1, -0.05) is 12.8 Å². The molecule has 1 saturated carbocycles. The lowest BCUT2D eigenvalue weighted by atomic mass is 9.91. The summed E-state index contributed by atoms with van der Waals surface area (Å²) in [5.41, 5.74) is 8.24. The van der Waals surface area contributed by atoms with Crippen LogP contribution in [0.25, 0.3) is 5.65 Å². The zero-order valence-corrected chi connectivity index (χ0v) is 10.6. The van der Waals surface area contributed by atoms with E-state index in [1.54, 1.807) is 6.33 Å². The fraction of sp³-hybridized carbons (Fsp3) is 0.538. The zero-order valence-electron chi connectivity index (χ0n) is 10.6. The number of hydrogen-bond acceptors (Lipinski definition) is 4. The van der Waals surface area contributed by atoms with Gasteiger partial charge >= 0.3 is 0 Å². The topological polar surface area (TPSA) is 68.2 Å². The van der Waals surface area contributed by atoms with Gasteiger partial charge < -0.3 is 11.1 Å². The van der Waals surface area contributed by atoms with Crippen molar-refractivity contribution in [1.82, 2.24) is 14.6 Å². The SMILES string of the molecule is Cc1cc(NC2CCCCC2N)n2ncnc2c1. The highest BCUT2D eigenvalue weighted by atomic mass is 15.3. The molecule has 2 aromatic heterocycles. The Morgan fingerprint density at radius 1 is 1.33 bits per heavy atom. The fourth-order valence-corrected chi connectivity index (χ4v) is 2.69. The average molecular weight is 245 g/mol. The number of hydrogen-bond donors (Lipinski definition) is 2. The molecule has 18 heavy (non-hydrogen) atoms. The Bertz CT molecular complexity index is 547. The summed E-state index contributed by atoms with van der Waals surface area (Å²) in [6, 6.07) is 4.70. The number of rotatable bonds is 2. The molecule has 0 radical (unpaired) electrons. The Labute approximate surface area is 106 Å². The number of aromatic nitrogens is 3. The van der Waals surface area contributed by atoms with Gasteiger partial charge in [0.15, 0.2) is 5.65 Å². The lowest BCUT2D eigenvalue weighted by Gasteiger charge is -2.30. The second-order valence-corrected chi connectivity index (χ2v) is 5.15. The number of pyridine rings is 1. The number of aryl methyl sites for hydroxylation is 1. The monoisotopic (exact) mass is 245 g/mol. The lowest BCUT2D eigenvalue weighted by Crippen LogP contribution is -2.43. The van der Waals surface area contributed by atoms with Crippen molar-refractivity contribution in [2.45, 2.75) is 44.7 Å². The van der Waals surface area contributed by atoms with Gasteiger partial charge in [-0.2, -0.15) is 9.61 Å². The second-order valence-electron chi connectivity index (χ2n) is 5.15. The van der Waals surface area contributed by atoms with Crippen LogP contribution < -0.4 is 11.1 Å². The Balaban J connectivity index is 1.91. The summed E-state index contributed by atoms with van der Waals surface area (Å²) in [6.45, 7) is 2.07. The van der Waals surface area contributed by atoms with E-state index in [0.29, 0.717) is 6.04 Å². The summed E-state index contributed by atoms with van der Waals surface area (Å²) in [5, 5.41) is 7.79. The van der Waals surface area contributed by atoms with E-state index in [-0.39, 0.29) is 6.04 Å². The van der Waals surface area contributed by atoms with E-state index in [1.165, 1.54) is 18.4 Å². The van der Waals surface area contributed by atoms with Gasteiger partial charge in [-0.05, 0) is 37.5 Å². The molecule has 0 saturated heterocycles. The van der Waals surface area contributed by atoms with Gasteiger partial charge in [0.2, 0.25) is 0 Å². The van der Waals surface area contributed by atoms with Crippen LogP contribution in [0.3, 0.4) is 0 Å². The van der Waals surface area contributed by atoms with Crippen LogP contribution in [0.1, 0.15) is 31.2 Å². The van der Waals surface area contributed by atoms with E-state index in [9.17, 15) is 0 Å². The first kappa shape index (κ1) is 11.5. The first-order valence-corrected chi connectivity index (χ1v) is 6.56. The molecule has 1 aliphatic rings. The average Bonchev–Trinajstić information content (AvgIpc) is 2.80. The standard InChI is InChI=1S/C13H19N5/c1-9-6-12-15-8-16-18(12)13(7-9)17-11-5-3-2-4-10(11)14/h6-8,10-11,17H,2-5,14H2,1H3. The molecule has 96 valence electrons. The Morgan fingerprint density at radius 3 is 3.00 bits per heavy atom. The molecule has 0 aliphatic heterocycles. The largest absolute Gasteiger partial charge is 0.366 e. The number of nitrogens with two attached hydrogens (primary N) is 1. The highest BCUT2D eigenvalue weighted by molar-refractivity contribution is 5.51. The summed E-state index contributed by atoms with van der Waals surface area (Å²) < 4.78 is 1.84. The predicted octanol–water partition coefficient (Wildman–Crippen LogP) is 1.72. The van der Waals surface area contributed by atoms with E-state index < -0.39 is 0 Å². The van der Waals surface area contributed by atoms with Crippen LogP contribution in [-0.4, -0.2) is 26.7 Å². The summed E-state index contributed by atoms with van der Waals surface area (Å²) in [7, 11) is 0. The molecule has 2 atom stereocenters. The molecule has 1 fully saturated rings. The van der Waals surface area contributed by atoms with Crippen LogP contribution >= 0.6 is 0 Å². The van der Waals surface area contributed by atoms with Crippen molar-refractivity contribution in [2.24, 2.45) is 5.73 Å². The molecule has 3 rings (SSSR count). The number of nitrogens with one attached hydrogen (secondary N) is 1. The zero-order chi connectivity index (χ0) is 12.5. The third-order valence-corrected chi connectivity index (χ3v) is 3.68. The van der Waals surface area contributed by atoms with E-state index >= 15 is 0 Å². The first-order valence-electron chi connectivity index (χ1n) is 6.56. The van der Waals surface area contributed by atoms with Crippen LogP contribution in [0.15, 0.2) is 18.5 Å². The van der Waals surface area contributed by atoms with Crippen LogP contribution in [0.4, 0.5) is 5.82 Å². The van der Waals surface area contributed by atoms with Crippen LogP contribution in [0.5, 0.6) is 0 Å². The molecule has 0 amide bonds. The quantitative estimate of drug-likeness (QED) is 0.845. The molecule has 3 N–H and O–H groups in total. The van der Waals surface area contributed by atoms with Crippen molar-refractivity contribution in [2.75, 3.05) is 5.32 Å². The molecular weight excluding hydrogens is 226 g/mol. The molecule has 2 unspecified atom stereocenters. The van der Waals surface area contributed by atoms with Crippen molar-refractivity contribution >= 4 is 11.5 Å². The van der Waals surface area contributed by atoms with E-state index in [1.807, 2.05) is 10.6 Å². The number of fused-ring (bicyclic) bond motifs is 1. The number of anilines is 1. The first-order chi connectivity index (χ1) is 8.74. The Hall–Kier alpha value is -1.62. The molecule has 5 heteroatoms. The van der Waals surface area contributed by atoms with Crippen molar-refractivity contribution in [3.05, 3.63) is 24.0 Å². The van der Waals surface area contributed by atoms with Gasteiger partial charge in [0, 0.05) is 12.1 Å². The molecular formula is C13H19N5. The Morgan fingerprint density at radius 2 is 2.17 bits per heavy atom. The van der Waals surface area contributed by atoms with Crippen molar-refractivity contribution < 1.29 is 0 Å². The molecule has 0 aromatic carbocycles. The highest BCUT2D eigenvalue weighted by Crippen LogP contribution is 2.22. The predicted molar refractivity (Wildman–Crippen MR) is 71.6 cm³/mol. The van der Waals surface area contributed by atoms with Gasteiger partial charge in [0.1, 0.15) is 12.1 Å². The summed E-state index contributed by atoms with van der Waals surface area (Å²) >= 11 is 0. The van der Waals surface area contributed by atoms with Crippen LogP contribution in [0, 0.1) is 6.92 Å². The van der Waals surface area contributed by atoms with E-state index in [0.717, 1.165) is 24.3 Å². The minimum absolute atomic E-state index is 0.234. The van der Waals surface area contributed by atoms with E-state index in [4.69, 9.17) is 5.73 Å². The van der Waals surface area contributed by atoms with Crippen LogP contribution in [0.2, 0.25) is 0 Å². The maximum atomic E-state index is 6.18. The highest BCUT2D eigenvalue weighted by Gasteiger charge is 2.22. The molecule has 2 heterocycles. The second kappa shape index (κ2) is 4.57. The van der Waals surface area contributed by atoms with E-state index in [2.05, 4.69) is 28.4 Å². The normalized spacial score (nSPS) is 24.3. The van der Waals surface area contributed by atoms with Gasteiger partial charge in [0.05, 0.1) is 0 Å². The van der Waals surface area contributed by atoms with Gasteiger partial charge in [-0.3, -0.25) is 0 Å². The maximum Gasteiger partial charge on any atom is 0.157 e. The molecule has 0 bridgehead atoms. The Kier molecular flexibility index (Phi) is 2.91. The van der Waals surface area contributed by atoms with Crippen molar-refractivity contribution in [1.29, 1.82) is 0 Å². The summed E-state index contributed by atoms with van der Waals surface area (Å²) in [6.07, 6.45) is 6.31. The third kappa shape index (κ3) is 2.06. The summed E-state index contributed by atoms with van der Waals surface area (Å²) in [4.78, 5) is 4.23.